The number of amides is 1. The number of fused-ring (bicyclic) bond motifs is 3. The van der Waals surface area contributed by atoms with Gasteiger partial charge in [-0.05, 0) is 34.4 Å². The van der Waals surface area contributed by atoms with E-state index in [0.717, 1.165) is 0 Å². The first-order valence-electron chi connectivity index (χ1n) is 10.1. The lowest BCUT2D eigenvalue weighted by Gasteiger charge is -2.14. The summed E-state index contributed by atoms with van der Waals surface area (Å²) in [5.41, 5.74) is 5.20. The summed E-state index contributed by atoms with van der Waals surface area (Å²) in [7, 11) is 1.41. The average Bonchev–Trinajstić information content (AvgIpc) is 3.11. The zero-order chi connectivity index (χ0) is 21.6. The van der Waals surface area contributed by atoms with Crippen LogP contribution in [-0.2, 0) is 4.74 Å². The number of methoxy groups -OCH3 is 1. The van der Waals surface area contributed by atoms with E-state index in [4.69, 9.17) is 9.47 Å². The number of halogens is 1. The van der Waals surface area contributed by atoms with Crippen LogP contribution in [0, 0.1) is 17.7 Å². The molecule has 0 spiro atoms. The minimum Gasteiger partial charge on any atom is -0.492 e. The molecule has 1 aliphatic rings. The first-order valence-corrected chi connectivity index (χ1v) is 10.1. The highest BCUT2D eigenvalue weighted by atomic mass is 19.1. The number of para-hydroxylation sites is 1. The fraction of sp³-hybridized carbons (Fsp3) is 0.192. The molecular weight excluding hydrogens is 393 g/mol. The van der Waals surface area contributed by atoms with Crippen LogP contribution in [-0.4, -0.2) is 26.4 Å². The van der Waals surface area contributed by atoms with Gasteiger partial charge < -0.3 is 14.8 Å². The third-order valence-corrected chi connectivity index (χ3v) is 5.26. The summed E-state index contributed by atoms with van der Waals surface area (Å²) < 4.78 is 24.2. The van der Waals surface area contributed by atoms with E-state index < -0.39 is 11.9 Å². The number of benzene rings is 3. The van der Waals surface area contributed by atoms with Crippen molar-refractivity contribution in [1.29, 1.82) is 0 Å². The third-order valence-electron chi connectivity index (χ3n) is 5.26. The van der Waals surface area contributed by atoms with Gasteiger partial charge in [0.25, 0.3) is 0 Å². The van der Waals surface area contributed by atoms with Crippen LogP contribution in [0.2, 0.25) is 0 Å². The van der Waals surface area contributed by atoms with Crippen molar-refractivity contribution in [3.63, 3.8) is 0 Å². The molecule has 0 saturated carbocycles. The van der Waals surface area contributed by atoms with Gasteiger partial charge in [0.05, 0.1) is 12.7 Å². The fourth-order valence-electron chi connectivity index (χ4n) is 3.85. The molecule has 0 atom stereocenters. The molecule has 3 aromatic rings. The average molecular weight is 415 g/mol. The summed E-state index contributed by atoms with van der Waals surface area (Å²) in [6.07, 6.45) is -0.0730. The van der Waals surface area contributed by atoms with Gasteiger partial charge in [0, 0.05) is 18.9 Å². The zero-order valence-corrected chi connectivity index (χ0v) is 17.2. The summed E-state index contributed by atoms with van der Waals surface area (Å²) in [5, 5.41) is 2.71. The van der Waals surface area contributed by atoms with Crippen LogP contribution in [0.5, 0.6) is 5.75 Å². The lowest BCUT2D eigenvalue weighted by Crippen LogP contribution is -2.26. The Morgan fingerprint density at radius 3 is 2.35 bits per heavy atom. The van der Waals surface area contributed by atoms with Crippen LogP contribution in [0.4, 0.5) is 9.18 Å². The maximum absolute atomic E-state index is 13.7. The van der Waals surface area contributed by atoms with Gasteiger partial charge in [-0.2, -0.15) is 0 Å². The lowest BCUT2D eigenvalue weighted by atomic mass is 9.98. The van der Waals surface area contributed by atoms with Crippen molar-refractivity contribution in [2.75, 3.05) is 20.3 Å². The van der Waals surface area contributed by atoms with Crippen LogP contribution >= 0.6 is 0 Å². The summed E-state index contributed by atoms with van der Waals surface area (Å²) >= 11 is 0. The van der Waals surface area contributed by atoms with Gasteiger partial charge in [0.15, 0.2) is 11.6 Å². The topological polar surface area (TPSA) is 47.6 Å². The van der Waals surface area contributed by atoms with Crippen LogP contribution in [0.3, 0.4) is 0 Å². The van der Waals surface area contributed by atoms with Crippen molar-refractivity contribution in [3.8, 4) is 28.7 Å². The molecule has 0 saturated heterocycles. The number of nitrogens with one attached hydrogen (secondary N) is 1. The van der Waals surface area contributed by atoms with Crippen LogP contribution < -0.4 is 10.1 Å². The Hall–Kier alpha value is -3.78. The summed E-state index contributed by atoms with van der Waals surface area (Å²) in [6.45, 7) is 0.604. The molecule has 0 unspecified atom stereocenters. The van der Waals surface area contributed by atoms with E-state index in [1.165, 1.54) is 35.4 Å². The number of hydrogen-bond acceptors (Lipinski definition) is 3. The molecule has 1 aliphatic carbocycles. The van der Waals surface area contributed by atoms with Gasteiger partial charge in [0.2, 0.25) is 0 Å². The monoisotopic (exact) mass is 415 g/mol. The maximum atomic E-state index is 13.7. The Morgan fingerprint density at radius 2 is 1.68 bits per heavy atom. The standard InChI is InChI=1S/C26H22FNO3/c1-30-25-18(10-8-15-24(25)27)9-6-7-16-28-26(29)31-17-23-21-13-4-2-11-19(21)20-12-3-5-14-22(20)23/h2-5,8,10-15,23H,7,16-17H2,1H3,(H,28,29). The summed E-state index contributed by atoms with van der Waals surface area (Å²) in [6, 6.07) is 21.0. The van der Waals surface area contributed by atoms with Gasteiger partial charge in [-0.25, -0.2) is 9.18 Å². The normalized spacial score (nSPS) is 11.7. The van der Waals surface area contributed by atoms with Crippen molar-refractivity contribution < 1.29 is 18.7 Å². The Morgan fingerprint density at radius 1 is 1.00 bits per heavy atom. The Balaban J connectivity index is 1.30. The van der Waals surface area contributed by atoms with Gasteiger partial charge in [-0.3, -0.25) is 0 Å². The number of ether oxygens (including phenoxy) is 2. The molecule has 31 heavy (non-hydrogen) atoms. The third kappa shape index (κ3) is 4.39. The fourth-order valence-corrected chi connectivity index (χ4v) is 3.85. The molecule has 1 amide bonds. The minimum atomic E-state index is -0.480. The number of hydrogen-bond donors (Lipinski definition) is 1. The first kappa shape index (κ1) is 20.5. The first-order chi connectivity index (χ1) is 15.2. The molecule has 4 nitrogen and oxygen atoms in total. The highest BCUT2D eigenvalue weighted by Crippen LogP contribution is 2.44. The highest BCUT2D eigenvalue weighted by Gasteiger charge is 2.28. The summed E-state index contributed by atoms with van der Waals surface area (Å²) in [4.78, 5) is 12.2. The van der Waals surface area contributed by atoms with Crippen LogP contribution in [0.1, 0.15) is 29.0 Å². The van der Waals surface area contributed by atoms with E-state index in [1.807, 2.05) is 24.3 Å². The molecule has 0 fully saturated rings. The van der Waals surface area contributed by atoms with E-state index in [1.54, 1.807) is 12.1 Å². The van der Waals surface area contributed by atoms with Crippen molar-refractivity contribution in [2.24, 2.45) is 0 Å². The highest BCUT2D eigenvalue weighted by molar-refractivity contribution is 5.79. The maximum Gasteiger partial charge on any atom is 0.407 e. The zero-order valence-electron chi connectivity index (χ0n) is 17.2. The number of carbonyl (C=O) groups excluding carboxylic acids is 1. The molecule has 5 heteroatoms. The molecule has 0 aromatic heterocycles. The quantitative estimate of drug-likeness (QED) is 0.465. The molecule has 1 N–H and O–H groups in total. The minimum absolute atomic E-state index is 0.0263. The molecule has 156 valence electrons. The molecular formula is C26H22FNO3. The van der Waals surface area contributed by atoms with E-state index in [9.17, 15) is 9.18 Å². The Labute approximate surface area is 181 Å². The summed E-state index contributed by atoms with van der Waals surface area (Å²) in [5.74, 6) is 5.48. The van der Waals surface area contributed by atoms with E-state index >= 15 is 0 Å². The van der Waals surface area contributed by atoms with E-state index in [-0.39, 0.29) is 18.3 Å². The predicted molar refractivity (Wildman–Crippen MR) is 118 cm³/mol. The number of carbonyl (C=O) groups is 1. The SMILES string of the molecule is COc1c(F)cccc1C#CCCNC(=O)OCC1c2ccccc2-c2ccccc21. The molecule has 3 aromatic carbocycles. The van der Waals surface area contributed by atoms with Gasteiger partial charge in [-0.1, -0.05) is 66.4 Å². The van der Waals surface area contributed by atoms with Crippen molar-refractivity contribution in [2.45, 2.75) is 12.3 Å². The molecule has 0 bridgehead atoms. The number of alkyl carbamates (subject to hydrolysis) is 1. The smallest absolute Gasteiger partial charge is 0.407 e. The van der Waals surface area contributed by atoms with Crippen molar-refractivity contribution in [1.82, 2.24) is 5.32 Å². The lowest BCUT2D eigenvalue weighted by molar-refractivity contribution is 0.143. The molecule has 0 heterocycles. The van der Waals surface area contributed by atoms with Crippen molar-refractivity contribution in [3.05, 3.63) is 89.2 Å². The Bertz CT molecular complexity index is 1120. The second-order valence-corrected chi connectivity index (χ2v) is 7.12. The van der Waals surface area contributed by atoms with Crippen LogP contribution in [0.25, 0.3) is 11.1 Å². The van der Waals surface area contributed by atoms with Gasteiger partial charge in [-0.15, -0.1) is 0 Å². The number of rotatable bonds is 5. The van der Waals surface area contributed by atoms with Crippen molar-refractivity contribution >= 4 is 6.09 Å². The second-order valence-electron chi connectivity index (χ2n) is 7.12. The second kappa shape index (κ2) is 9.36. The van der Waals surface area contributed by atoms with Crippen LogP contribution in [0.15, 0.2) is 66.7 Å². The largest absolute Gasteiger partial charge is 0.492 e. The van der Waals surface area contributed by atoms with Gasteiger partial charge in [0.1, 0.15) is 6.61 Å². The van der Waals surface area contributed by atoms with Gasteiger partial charge >= 0.3 is 6.09 Å². The molecule has 4 rings (SSSR count). The predicted octanol–water partition coefficient (Wildman–Crippen LogP) is 5.11. The molecule has 0 aliphatic heterocycles. The Kier molecular flexibility index (Phi) is 6.18. The van der Waals surface area contributed by atoms with E-state index in [0.29, 0.717) is 18.5 Å². The molecule has 0 radical (unpaired) electrons. The van der Waals surface area contributed by atoms with E-state index in [2.05, 4.69) is 41.4 Å².